The van der Waals surface area contributed by atoms with E-state index in [1.807, 2.05) is 0 Å². The Morgan fingerprint density at radius 2 is 1.42 bits per heavy atom. The maximum Gasteiger partial charge on any atom is 0.490 e. The summed E-state index contributed by atoms with van der Waals surface area (Å²) in [5.74, 6) is -3.10. The van der Waals surface area contributed by atoms with Crippen LogP contribution in [0.3, 0.4) is 0 Å². The number of amidine groups is 1. The average molecular weight is 630 g/mol. The van der Waals surface area contributed by atoms with Crippen molar-refractivity contribution < 1.29 is 47.2 Å². The monoisotopic (exact) mass is 629 g/mol. The number of phenolic OH excluding ortho intramolecular Hbond substituents is 1. The first-order valence-corrected chi connectivity index (χ1v) is 12.8. The van der Waals surface area contributed by atoms with Crippen molar-refractivity contribution in [3.05, 3.63) is 109 Å². The summed E-state index contributed by atoms with van der Waals surface area (Å²) in [6.07, 6.45) is -1.90. The molecule has 0 saturated carbocycles. The van der Waals surface area contributed by atoms with Crippen molar-refractivity contribution in [3.63, 3.8) is 0 Å². The molecule has 0 aliphatic heterocycles. The van der Waals surface area contributed by atoms with Crippen molar-refractivity contribution in [2.75, 3.05) is 18.5 Å². The maximum absolute atomic E-state index is 13.3. The lowest BCUT2D eigenvalue weighted by Crippen LogP contribution is -2.45. The standard InChI is InChI=1S/C28H29N5O5.C2HF3O2/c1-3-15-37-23-14-9-20(17-24(23)38-16-4-2)25(31-21-10-5-18(6-11-21)26(29)30)28(36)33-32-27(35)19-7-12-22(34)13-8-19;3-2(4,5)1(6)7/h3-14,17,25,31,34H,1-2,15-16H2,(H3,29,30)(H,32,35)(H,33,36);(H,6,7). The lowest BCUT2D eigenvalue weighted by atomic mass is 10.0. The molecule has 12 nitrogen and oxygen atoms in total. The topological polar surface area (TPSA) is 196 Å². The molecular weight excluding hydrogens is 599 g/mol. The van der Waals surface area contributed by atoms with Gasteiger partial charge in [-0.1, -0.05) is 31.4 Å². The van der Waals surface area contributed by atoms with Crippen LogP contribution in [0.4, 0.5) is 18.9 Å². The van der Waals surface area contributed by atoms with E-state index in [0.717, 1.165) is 0 Å². The molecule has 3 aromatic rings. The van der Waals surface area contributed by atoms with Crippen LogP contribution in [0.2, 0.25) is 0 Å². The molecule has 3 rings (SSSR count). The highest BCUT2D eigenvalue weighted by molar-refractivity contribution is 5.97. The number of nitrogen functional groups attached to an aromatic ring is 1. The predicted molar refractivity (Wildman–Crippen MR) is 159 cm³/mol. The molecule has 0 aromatic heterocycles. The Bertz CT molecular complexity index is 1510. The Balaban J connectivity index is 0.000000900. The van der Waals surface area contributed by atoms with E-state index in [2.05, 4.69) is 29.3 Å². The minimum absolute atomic E-state index is 0.0145. The fourth-order valence-corrected chi connectivity index (χ4v) is 3.32. The summed E-state index contributed by atoms with van der Waals surface area (Å²) in [5, 5.41) is 27.3. The van der Waals surface area contributed by atoms with Crippen LogP contribution in [0.25, 0.3) is 0 Å². The average Bonchev–Trinajstić information content (AvgIpc) is 3.00. The number of hydrogen-bond donors (Lipinski definition) is 7. The first kappa shape index (κ1) is 35.2. The Kier molecular flexibility index (Phi) is 13.0. The number of ether oxygens (including phenoxy) is 2. The van der Waals surface area contributed by atoms with Crippen LogP contribution >= 0.6 is 0 Å². The minimum atomic E-state index is -5.08. The van der Waals surface area contributed by atoms with Gasteiger partial charge in [-0.15, -0.1) is 0 Å². The molecule has 0 aliphatic rings. The number of benzene rings is 3. The molecule has 0 fully saturated rings. The first-order valence-electron chi connectivity index (χ1n) is 12.8. The van der Waals surface area contributed by atoms with Gasteiger partial charge in [-0.25, -0.2) is 4.79 Å². The van der Waals surface area contributed by atoms with Crippen LogP contribution in [0, 0.1) is 5.41 Å². The van der Waals surface area contributed by atoms with Gasteiger partial charge in [-0.3, -0.25) is 25.8 Å². The van der Waals surface area contributed by atoms with Crippen LogP contribution in [0.5, 0.6) is 17.2 Å². The fourth-order valence-electron chi connectivity index (χ4n) is 3.32. The molecule has 0 bridgehead atoms. The highest BCUT2D eigenvalue weighted by Crippen LogP contribution is 2.32. The molecule has 3 aromatic carbocycles. The van der Waals surface area contributed by atoms with E-state index in [0.29, 0.717) is 28.3 Å². The number of alkyl halides is 3. The molecule has 238 valence electrons. The van der Waals surface area contributed by atoms with Gasteiger partial charge in [-0.2, -0.15) is 13.2 Å². The number of nitrogens with two attached hydrogens (primary N) is 1. The highest BCUT2D eigenvalue weighted by atomic mass is 19.4. The second kappa shape index (κ2) is 16.6. The lowest BCUT2D eigenvalue weighted by molar-refractivity contribution is -0.192. The number of hydrazine groups is 1. The molecular formula is C30H30F3N5O7. The summed E-state index contributed by atoms with van der Waals surface area (Å²) >= 11 is 0. The Morgan fingerprint density at radius 1 is 0.889 bits per heavy atom. The van der Waals surface area contributed by atoms with Gasteiger partial charge in [-0.05, 0) is 66.2 Å². The second-order valence-electron chi connectivity index (χ2n) is 8.77. The van der Waals surface area contributed by atoms with Crippen LogP contribution in [-0.4, -0.2) is 53.2 Å². The number of aliphatic carboxylic acids is 1. The Hall–Kier alpha value is -5.99. The maximum atomic E-state index is 13.3. The quantitative estimate of drug-likeness (QED) is 0.0669. The van der Waals surface area contributed by atoms with Crippen molar-refractivity contribution in [2.24, 2.45) is 5.73 Å². The van der Waals surface area contributed by atoms with E-state index in [4.69, 9.17) is 30.5 Å². The zero-order valence-electron chi connectivity index (χ0n) is 23.6. The van der Waals surface area contributed by atoms with Gasteiger partial charge in [0.2, 0.25) is 0 Å². The summed E-state index contributed by atoms with van der Waals surface area (Å²) in [4.78, 5) is 34.7. The third-order valence-corrected chi connectivity index (χ3v) is 5.45. The van der Waals surface area contributed by atoms with Crippen molar-refractivity contribution in [3.8, 4) is 17.2 Å². The third-order valence-electron chi connectivity index (χ3n) is 5.45. The number of phenols is 1. The molecule has 0 spiro atoms. The number of nitrogens with one attached hydrogen (secondary N) is 4. The molecule has 0 radical (unpaired) electrons. The second-order valence-corrected chi connectivity index (χ2v) is 8.77. The van der Waals surface area contributed by atoms with Gasteiger partial charge in [0.1, 0.15) is 30.8 Å². The highest BCUT2D eigenvalue weighted by Gasteiger charge is 2.38. The number of rotatable bonds is 12. The Morgan fingerprint density at radius 3 is 1.93 bits per heavy atom. The summed E-state index contributed by atoms with van der Waals surface area (Å²) < 4.78 is 43.1. The van der Waals surface area contributed by atoms with E-state index < -0.39 is 30.0 Å². The predicted octanol–water partition coefficient (Wildman–Crippen LogP) is 4.05. The number of anilines is 1. The molecule has 0 saturated heterocycles. The van der Waals surface area contributed by atoms with Crippen molar-refractivity contribution in [1.29, 1.82) is 5.41 Å². The molecule has 15 heteroatoms. The first-order chi connectivity index (χ1) is 21.3. The van der Waals surface area contributed by atoms with Gasteiger partial charge in [0, 0.05) is 16.8 Å². The number of carbonyl (C=O) groups excluding carboxylic acids is 2. The largest absolute Gasteiger partial charge is 0.508 e. The van der Waals surface area contributed by atoms with E-state index in [-0.39, 0.29) is 30.4 Å². The number of halogens is 3. The summed E-state index contributed by atoms with van der Waals surface area (Å²) in [6.45, 7) is 7.79. The van der Waals surface area contributed by atoms with E-state index in [1.165, 1.54) is 24.3 Å². The van der Waals surface area contributed by atoms with Crippen LogP contribution in [0.1, 0.15) is 27.5 Å². The number of carboxylic acid groups (broad SMARTS) is 1. The number of carbonyl (C=O) groups is 3. The molecule has 0 aliphatic carbocycles. The normalized spacial score (nSPS) is 11.0. The zero-order valence-corrected chi connectivity index (χ0v) is 23.6. The number of carboxylic acids is 1. The van der Waals surface area contributed by atoms with Crippen LogP contribution < -0.4 is 31.4 Å². The van der Waals surface area contributed by atoms with Crippen LogP contribution in [0.15, 0.2) is 92.0 Å². The van der Waals surface area contributed by atoms with Gasteiger partial charge in [0.05, 0.1) is 0 Å². The lowest BCUT2D eigenvalue weighted by Gasteiger charge is -2.22. The molecule has 2 amide bonds. The molecule has 8 N–H and O–H groups in total. The number of aromatic hydroxyl groups is 1. The van der Waals surface area contributed by atoms with Gasteiger partial charge < -0.3 is 30.7 Å². The summed E-state index contributed by atoms with van der Waals surface area (Å²) in [7, 11) is 0. The van der Waals surface area contributed by atoms with Crippen molar-refractivity contribution in [2.45, 2.75) is 12.2 Å². The summed E-state index contributed by atoms with van der Waals surface area (Å²) in [6, 6.07) is 16.3. The SMILES string of the molecule is C=CCOc1ccc(C(Nc2ccc(C(=N)N)cc2)C(=O)NNC(=O)c2ccc(O)cc2)cc1OCC=C.O=C(O)C(F)(F)F. The van der Waals surface area contributed by atoms with Crippen LogP contribution in [-0.2, 0) is 9.59 Å². The Labute approximate surface area is 255 Å². The zero-order chi connectivity index (χ0) is 33.6. The molecule has 0 heterocycles. The number of amides is 2. The van der Waals surface area contributed by atoms with Gasteiger partial charge in [0.15, 0.2) is 11.5 Å². The smallest absolute Gasteiger partial charge is 0.490 e. The van der Waals surface area contributed by atoms with Gasteiger partial charge >= 0.3 is 12.1 Å². The molecule has 1 unspecified atom stereocenters. The number of hydrogen-bond acceptors (Lipinski definition) is 8. The van der Waals surface area contributed by atoms with E-state index >= 15 is 0 Å². The summed E-state index contributed by atoms with van der Waals surface area (Å²) in [5.41, 5.74) is 12.2. The fraction of sp³-hybridized carbons (Fsp3) is 0.133. The van der Waals surface area contributed by atoms with Crippen molar-refractivity contribution in [1.82, 2.24) is 10.9 Å². The van der Waals surface area contributed by atoms with E-state index in [9.17, 15) is 27.9 Å². The molecule has 1 atom stereocenters. The van der Waals surface area contributed by atoms with E-state index in [1.54, 1.807) is 54.6 Å². The third kappa shape index (κ3) is 11.3. The van der Waals surface area contributed by atoms with Gasteiger partial charge in [0.25, 0.3) is 11.8 Å². The minimum Gasteiger partial charge on any atom is -0.508 e. The van der Waals surface area contributed by atoms with Crippen molar-refractivity contribution >= 4 is 29.3 Å². The molecule has 45 heavy (non-hydrogen) atoms.